The molecule has 2 heterocycles. The Labute approximate surface area is 163 Å². The topological polar surface area (TPSA) is 47.7 Å². The van der Waals surface area contributed by atoms with Gasteiger partial charge in [0.15, 0.2) is 0 Å². The smallest absolute Gasteiger partial charge is 0.0833 e. The van der Waals surface area contributed by atoms with Crippen molar-refractivity contribution in [3.8, 4) is 16.8 Å². The molecule has 5 nitrogen and oxygen atoms in total. The van der Waals surface area contributed by atoms with E-state index >= 15 is 0 Å². The highest BCUT2D eigenvalue weighted by atomic mass is 35.5. The van der Waals surface area contributed by atoms with E-state index in [4.69, 9.17) is 11.6 Å². The summed E-state index contributed by atoms with van der Waals surface area (Å²) in [5.74, 6) is 0. The van der Waals surface area contributed by atoms with Gasteiger partial charge in [0.2, 0.25) is 0 Å². The van der Waals surface area contributed by atoms with Crippen LogP contribution in [0.15, 0.2) is 67.3 Å². The van der Waals surface area contributed by atoms with E-state index in [-0.39, 0.29) is 0 Å². The first-order valence-electron chi connectivity index (χ1n) is 8.72. The second kappa shape index (κ2) is 7.29. The Bertz CT molecular complexity index is 1070. The molecule has 6 heteroatoms. The highest BCUT2D eigenvalue weighted by molar-refractivity contribution is 6.32. The first-order chi connectivity index (χ1) is 13.1. The average Bonchev–Trinajstić information content (AvgIpc) is 3.32. The van der Waals surface area contributed by atoms with Crippen molar-refractivity contribution in [1.82, 2.24) is 19.6 Å². The molecule has 0 aliphatic carbocycles. The van der Waals surface area contributed by atoms with Crippen LogP contribution >= 0.6 is 11.6 Å². The Hall–Kier alpha value is -3.05. The van der Waals surface area contributed by atoms with Crippen molar-refractivity contribution in [2.24, 2.45) is 7.05 Å². The molecule has 0 amide bonds. The number of halogens is 1. The number of aromatic nitrogens is 4. The summed E-state index contributed by atoms with van der Waals surface area (Å²) in [6, 6.07) is 14.3. The van der Waals surface area contributed by atoms with Crippen LogP contribution in [0.5, 0.6) is 0 Å². The molecule has 0 unspecified atom stereocenters. The maximum absolute atomic E-state index is 6.44. The van der Waals surface area contributed by atoms with Crippen molar-refractivity contribution in [1.29, 1.82) is 0 Å². The fourth-order valence-electron chi connectivity index (χ4n) is 3.08. The summed E-state index contributed by atoms with van der Waals surface area (Å²) in [4.78, 5) is 0. The van der Waals surface area contributed by atoms with Crippen molar-refractivity contribution in [2.45, 2.75) is 13.5 Å². The Kier molecular flexibility index (Phi) is 4.69. The monoisotopic (exact) mass is 377 g/mol. The summed E-state index contributed by atoms with van der Waals surface area (Å²) in [5, 5.41) is 12.7. The third kappa shape index (κ3) is 3.73. The quantitative estimate of drug-likeness (QED) is 0.541. The Morgan fingerprint density at radius 1 is 1.11 bits per heavy atom. The number of hydrogen-bond donors (Lipinski definition) is 1. The SMILES string of the molecule is Cc1ccc(CNc2ccc(-n3cccn3)c(Cl)c2)c(-c2cnn(C)c2)c1. The largest absolute Gasteiger partial charge is 0.381 e. The van der Waals surface area contributed by atoms with Crippen LogP contribution in [0.2, 0.25) is 5.02 Å². The van der Waals surface area contributed by atoms with Crippen LogP contribution in [-0.4, -0.2) is 19.6 Å². The molecule has 0 saturated carbocycles. The summed E-state index contributed by atoms with van der Waals surface area (Å²) in [7, 11) is 1.93. The van der Waals surface area contributed by atoms with Crippen LogP contribution in [0, 0.1) is 6.92 Å². The molecule has 0 aliphatic rings. The molecule has 27 heavy (non-hydrogen) atoms. The lowest BCUT2D eigenvalue weighted by Crippen LogP contribution is -2.02. The average molecular weight is 378 g/mol. The van der Waals surface area contributed by atoms with Gasteiger partial charge < -0.3 is 5.32 Å². The third-order valence-corrected chi connectivity index (χ3v) is 4.77. The molecular formula is C21H20ClN5. The molecule has 136 valence electrons. The van der Waals surface area contributed by atoms with Gasteiger partial charge in [0.25, 0.3) is 0 Å². The normalized spacial score (nSPS) is 10.9. The van der Waals surface area contributed by atoms with Gasteiger partial charge in [-0.15, -0.1) is 0 Å². The number of aryl methyl sites for hydroxylation is 2. The second-order valence-corrected chi connectivity index (χ2v) is 6.94. The van der Waals surface area contributed by atoms with Crippen molar-refractivity contribution >= 4 is 17.3 Å². The Balaban J connectivity index is 1.56. The predicted octanol–water partition coefficient (Wildman–Crippen LogP) is 4.85. The summed E-state index contributed by atoms with van der Waals surface area (Å²) in [5.41, 5.74) is 6.57. The minimum Gasteiger partial charge on any atom is -0.381 e. The van der Waals surface area contributed by atoms with E-state index in [2.05, 4.69) is 40.6 Å². The molecular weight excluding hydrogens is 358 g/mol. The lowest BCUT2D eigenvalue weighted by atomic mass is 10.00. The van der Waals surface area contributed by atoms with Gasteiger partial charge in [0.1, 0.15) is 0 Å². The van der Waals surface area contributed by atoms with E-state index in [1.54, 1.807) is 10.9 Å². The zero-order chi connectivity index (χ0) is 18.8. The summed E-state index contributed by atoms with van der Waals surface area (Å²) in [6.07, 6.45) is 7.54. The zero-order valence-corrected chi connectivity index (χ0v) is 16.0. The van der Waals surface area contributed by atoms with Crippen LogP contribution < -0.4 is 5.32 Å². The van der Waals surface area contributed by atoms with Gasteiger partial charge in [-0.2, -0.15) is 10.2 Å². The van der Waals surface area contributed by atoms with Gasteiger partial charge in [-0.25, -0.2) is 4.68 Å². The number of nitrogens with zero attached hydrogens (tertiary/aromatic N) is 4. The standard InChI is InChI=1S/C21H20ClN5/c1-15-4-5-16(19(10-15)17-13-25-26(2)14-17)12-23-18-6-7-21(20(22)11-18)27-9-3-8-24-27/h3-11,13-14,23H,12H2,1-2H3. The Morgan fingerprint density at radius 3 is 2.70 bits per heavy atom. The van der Waals surface area contributed by atoms with E-state index < -0.39 is 0 Å². The summed E-state index contributed by atoms with van der Waals surface area (Å²) < 4.78 is 3.58. The molecule has 0 fully saturated rings. The highest BCUT2D eigenvalue weighted by Crippen LogP contribution is 2.27. The first-order valence-corrected chi connectivity index (χ1v) is 9.10. The summed E-state index contributed by atoms with van der Waals surface area (Å²) >= 11 is 6.44. The molecule has 0 bridgehead atoms. The van der Waals surface area contributed by atoms with Crippen molar-refractivity contribution in [3.63, 3.8) is 0 Å². The predicted molar refractivity (Wildman–Crippen MR) is 109 cm³/mol. The second-order valence-electron chi connectivity index (χ2n) is 6.53. The van der Waals surface area contributed by atoms with Gasteiger partial charge >= 0.3 is 0 Å². The van der Waals surface area contributed by atoms with Crippen LogP contribution in [0.4, 0.5) is 5.69 Å². The molecule has 0 saturated heterocycles. The van der Waals surface area contributed by atoms with E-state index in [9.17, 15) is 0 Å². The van der Waals surface area contributed by atoms with E-state index in [1.165, 1.54) is 16.7 Å². The molecule has 0 spiro atoms. The molecule has 2 aromatic carbocycles. The van der Waals surface area contributed by atoms with E-state index in [0.717, 1.165) is 16.9 Å². The first kappa shape index (κ1) is 17.4. The maximum atomic E-state index is 6.44. The molecule has 4 rings (SSSR count). The zero-order valence-electron chi connectivity index (χ0n) is 15.2. The van der Waals surface area contributed by atoms with Gasteiger partial charge in [0, 0.05) is 43.4 Å². The van der Waals surface area contributed by atoms with Crippen molar-refractivity contribution in [3.05, 3.63) is 83.4 Å². The number of hydrogen-bond acceptors (Lipinski definition) is 3. The third-order valence-electron chi connectivity index (χ3n) is 4.46. The van der Waals surface area contributed by atoms with Crippen molar-refractivity contribution < 1.29 is 0 Å². The molecule has 1 N–H and O–H groups in total. The van der Waals surface area contributed by atoms with Gasteiger partial charge in [-0.3, -0.25) is 4.68 Å². The van der Waals surface area contributed by atoms with Crippen LogP contribution in [0.3, 0.4) is 0 Å². The van der Waals surface area contributed by atoms with Crippen LogP contribution in [0.1, 0.15) is 11.1 Å². The molecule has 2 aromatic heterocycles. The number of benzene rings is 2. The minimum atomic E-state index is 0.653. The lowest BCUT2D eigenvalue weighted by molar-refractivity contribution is 0.768. The summed E-state index contributed by atoms with van der Waals surface area (Å²) in [6.45, 7) is 2.80. The van der Waals surface area contributed by atoms with Gasteiger partial charge in [0.05, 0.1) is 16.9 Å². The molecule has 0 radical (unpaired) electrons. The van der Waals surface area contributed by atoms with Gasteiger partial charge in [-0.1, -0.05) is 35.4 Å². The van der Waals surface area contributed by atoms with Gasteiger partial charge in [-0.05, 0) is 42.3 Å². The molecule has 4 aromatic rings. The number of nitrogens with one attached hydrogen (secondary N) is 1. The van der Waals surface area contributed by atoms with E-state index in [0.29, 0.717) is 11.6 Å². The Morgan fingerprint density at radius 2 is 2.00 bits per heavy atom. The molecule has 0 aliphatic heterocycles. The van der Waals surface area contributed by atoms with E-state index in [1.807, 2.05) is 54.6 Å². The fraction of sp³-hybridized carbons (Fsp3) is 0.143. The molecule has 0 atom stereocenters. The number of anilines is 1. The van der Waals surface area contributed by atoms with Crippen molar-refractivity contribution in [2.75, 3.05) is 5.32 Å². The minimum absolute atomic E-state index is 0.653. The maximum Gasteiger partial charge on any atom is 0.0833 e. The van der Waals surface area contributed by atoms with Crippen LogP contribution in [0.25, 0.3) is 16.8 Å². The lowest BCUT2D eigenvalue weighted by Gasteiger charge is -2.13. The fourth-order valence-corrected chi connectivity index (χ4v) is 3.35. The van der Waals surface area contributed by atoms with Crippen LogP contribution in [-0.2, 0) is 13.6 Å². The number of rotatable bonds is 5. The highest BCUT2D eigenvalue weighted by Gasteiger charge is 2.09.